The van der Waals surface area contributed by atoms with E-state index >= 15 is 0 Å². The lowest BCUT2D eigenvalue weighted by Gasteiger charge is -2.39. The third kappa shape index (κ3) is 3.28. The van der Waals surface area contributed by atoms with Crippen LogP contribution in [0.15, 0.2) is 42.7 Å². The second-order valence-electron chi connectivity index (χ2n) is 5.94. The molecule has 0 amide bonds. The Morgan fingerprint density at radius 3 is 2.79 bits per heavy atom. The number of halogens is 2. The fourth-order valence-corrected chi connectivity index (χ4v) is 3.34. The van der Waals surface area contributed by atoms with Crippen molar-refractivity contribution in [1.29, 1.82) is 0 Å². The van der Waals surface area contributed by atoms with Crippen LogP contribution in [0.5, 0.6) is 0 Å². The molecule has 1 aromatic carbocycles. The molecule has 0 saturated carbocycles. The van der Waals surface area contributed by atoms with Crippen LogP contribution in [0.4, 0.5) is 8.78 Å². The molecule has 0 bridgehead atoms. The van der Waals surface area contributed by atoms with Crippen LogP contribution in [-0.4, -0.2) is 33.5 Å². The second-order valence-corrected chi connectivity index (χ2v) is 5.94. The summed E-state index contributed by atoms with van der Waals surface area (Å²) in [6, 6.07) is 5.61. The summed E-state index contributed by atoms with van der Waals surface area (Å²) in [5, 5.41) is 9.55. The number of benzene rings is 1. The number of carboxylic acids is 1. The second kappa shape index (κ2) is 7.05. The molecule has 2 atom stereocenters. The maximum atomic E-state index is 14.4. The summed E-state index contributed by atoms with van der Waals surface area (Å²) in [5.74, 6) is -2.26. The summed E-state index contributed by atoms with van der Waals surface area (Å²) in [6.45, 7) is 0.535. The van der Waals surface area contributed by atoms with Crippen LogP contribution in [0, 0.1) is 11.6 Å². The molecule has 0 radical (unpaired) electrons. The van der Waals surface area contributed by atoms with Gasteiger partial charge in [-0.3, -0.25) is 14.7 Å². The van der Waals surface area contributed by atoms with Crippen molar-refractivity contribution >= 4 is 5.97 Å². The Labute approximate surface area is 138 Å². The third-order valence-corrected chi connectivity index (χ3v) is 4.42. The monoisotopic (exact) mass is 332 g/mol. The third-order valence-electron chi connectivity index (χ3n) is 4.42. The van der Waals surface area contributed by atoms with Crippen LogP contribution < -0.4 is 0 Å². The van der Waals surface area contributed by atoms with Crippen LogP contribution in [0.25, 0.3) is 0 Å². The standard InChI is InChI=1S/C18H18F2N2O2/c19-13-6-7-14(15(20)10-13)17(12-4-3-8-21-11-12)22-9-2-1-5-16(22)18(23)24/h3-4,6-8,10-11,16-17H,1-2,5,9H2,(H,23,24). The lowest BCUT2D eigenvalue weighted by Crippen LogP contribution is -2.47. The van der Waals surface area contributed by atoms with Gasteiger partial charge in [0.2, 0.25) is 0 Å². The topological polar surface area (TPSA) is 53.4 Å². The minimum Gasteiger partial charge on any atom is -0.480 e. The van der Waals surface area contributed by atoms with Crippen molar-refractivity contribution in [2.45, 2.75) is 31.3 Å². The molecule has 2 aromatic rings. The number of pyridine rings is 1. The molecule has 24 heavy (non-hydrogen) atoms. The van der Waals surface area contributed by atoms with Crippen molar-refractivity contribution in [3.05, 3.63) is 65.5 Å². The molecule has 1 aromatic heterocycles. The first-order valence-corrected chi connectivity index (χ1v) is 7.91. The smallest absolute Gasteiger partial charge is 0.320 e. The number of likely N-dealkylation sites (tertiary alicyclic amines) is 1. The Balaban J connectivity index is 2.10. The highest BCUT2D eigenvalue weighted by atomic mass is 19.1. The van der Waals surface area contributed by atoms with Crippen LogP contribution in [0.1, 0.15) is 36.4 Å². The lowest BCUT2D eigenvalue weighted by molar-refractivity contribution is -0.145. The highest BCUT2D eigenvalue weighted by Gasteiger charge is 2.36. The molecule has 1 aliphatic heterocycles. The molecule has 1 aliphatic rings. The van der Waals surface area contributed by atoms with Gasteiger partial charge in [-0.15, -0.1) is 0 Å². The van der Waals surface area contributed by atoms with E-state index in [4.69, 9.17) is 0 Å². The van der Waals surface area contributed by atoms with Crippen LogP contribution in [-0.2, 0) is 4.79 Å². The number of nitrogens with zero attached hydrogens (tertiary/aromatic N) is 2. The van der Waals surface area contributed by atoms with E-state index in [1.165, 1.54) is 12.1 Å². The minimum absolute atomic E-state index is 0.262. The summed E-state index contributed by atoms with van der Waals surface area (Å²) in [4.78, 5) is 17.5. The number of hydrogen-bond donors (Lipinski definition) is 1. The fraction of sp³-hybridized carbons (Fsp3) is 0.333. The van der Waals surface area contributed by atoms with Crippen LogP contribution in [0.3, 0.4) is 0 Å². The zero-order valence-electron chi connectivity index (χ0n) is 13.0. The molecule has 2 unspecified atom stereocenters. The van der Waals surface area contributed by atoms with E-state index in [1.54, 1.807) is 29.4 Å². The molecule has 2 heterocycles. The fourth-order valence-electron chi connectivity index (χ4n) is 3.34. The molecular weight excluding hydrogens is 314 g/mol. The summed E-state index contributed by atoms with van der Waals surface area (Å²) in [7, 11) is 0. The largest absolute Gasteiger partial charge is 0.480 e. The van der Waals surface area contributed by atoms with Gasteiger partial charge in [-0.1, -0.05) is 18.6 Å². The molecule has 1 saturated heterocycles. The van der Waals surface area contributed by atoms with Gasteiger partial charge in [0.25, 0.3) is 0 Å². The molecule has 6 heteroatoms. The van der Waals surface area contributed by atoms with E-state index in [0.29, 0.717) is 18.5 Å². The van der Waals surface area contributed by atoms with Gasteiger partial charge < -0.3 is 5.11 Å². The number of hydrogen-bond acceptors (Lipinski definition) is 3. The van der Waals surface area contributed by atoms with Gasteiger partial charge in [0.05, 0.1) is 6.04 Å². The van der Waals surface area contributed by atoms with Crippen molar-refractivity contribution in [2.75, 3.05) is 6.54 Å². The van der Waals surface area contributed by atoms with Gasteiger partial charge >= 0.3 is 5.97 Å². The number of rotatable bonds is 4. The summed E-state index contributed by atoms with van der Waals surface area (Å²) < 4.78 is 27.7. The predicted molar refractivity (Wildman–Crippen MR) is 84.4 cm³/mol. The van der Waals surface area contributed by atoms with Gasteiger partial charge in [-0.25, -0.2) is 8.78 Å². The first-order chi connectivity index (χ1) is 11.6. The number of piperidine rings is 1. The van der Waals surface area contributed by atoms with Crippen LogP contribution >= 0.6 is 0 Å². The van der Waals surface area contributed by atoms with E-state index in [-0.39, 0.29) is 5.56 Å². The quantitative estimate of drug-likeness (QED) is 0.932. The number of aromatic nitrogens is 1. The molecule has 0 spiro atoms. The highest BCUT2D eigenvalue weighted by molar-refractivity contribution is 5.73. The van der Waals surface area contributed by atoms with Gasteiger partial charge in [0.15, 0.2) is 0 Å². The first-order valence-electron chi connectivity index (χ1n) is 7.91. The van der Waals surface area contributed by atoms with Crippen molar-refractivity contribution in [3.8, 4) is 0 Å². The molecule has 3 rings (SSSR count). The van der Waals surface area contributed by atoms with Gasteiger partial charge in [-0.05, 0) is 37.1 Å². The lowest BCUT2D eigenvalue weighted by atomic mass is 9.92. The normalized spacial score (nSPS) is 19.8. The van der Waals surface area contributed by atoms with E-state index in [9.17, 15) is 18.7 Å². The highest BCUT2D eigenvalue weighted by Crippen LogP contribution is 2.35. The average molecular weight is 332 g/mol. The number of carbonyl (C=O) groups is 1. The SMILES string of the molecule is O=C(O)C1CCCCN1C(c1cccnc1)c1ccc(F)cc1F. The Hall–Kier alpha value is -2.34. The summed E-state index contributed by atoms with van der Waals surface area (Å²) in [5.41, 5.74) is 0.953. The maximum absolute atomic E-state index is 14.4. The molecular formula is C18H18F2N2O2. The van der Waals surface area contributed by atoms with E-state index in [1.807, 2.05) is 0 Å². The minimum atomic E-state index is -0.925. The average Bonchev–Trinajstić information content (AvgIpc) is 2.58. The van der Waals surface area contributed by atoms with Gasteiger partial charge in [0, 0.05) is 24.0 Å². The Morgan fingerprint density at radius 1 is 1.29 bits per heavy atom. The van der Waals surface area contributed by atoms with Crippen molar-refractivity contribution in [2.24, 2.45) is 0 Å². The van der Waals surface area contributed by atoms with Crippen LogP contribution in [0.2, 0.25) is 0 Å². The number of carboxylic acid groups (broad SMARTS) is 1. The van der Waals surface area contributed by atoms with Crippen molar-refractivity contribution in [3.63, 3.8) is 0 Å². The zero-order chi connectivity index (χ0) is 17.1. The first kappa shape index (κ1) is 16.5. The predicted octanol–water partition coefficient (Wildman–Crippen LogP) is 3.39. The Bertz CT molecular complexity index is 724. The Kier molecular flexibility index (Phi) is 4.85. The van der Waals surface area contributed by atoms with Gasteiger partial charge in [0.1, 0.15) is 17.7 Å². The summed E-state index contributed by atoms with van der Waals surface area (Å²) in [6.07, 6.45) is 5.37. The summed E-state index contributed by atoms with van der Waals surface area (Å²) >= 11 is 0. The van der Waals surface area contributed by atoms with E-state index in [0.717, 1.165) is 18.9 Å². The molecule has 1 fully saturated rings. The Morgan fingerprint density at radius 2 is 2.12 bits per heavy atom. The van der Waals surface area contributed by atoms with E-state index < -0.39 is 29.7 Å². The number of aliphatic carboxylic acids is 1. The van der Waals surface area contributed by atoms with Crippen molar-refractivity contribution in [1.82, 2.24) is 9.88 Å². The van der Waals surface area contributed by atoms with E-state index in [2.05, 4.69) is 4.98 Å². The molecule has 126 valence electrons. The zero-order valence-corrected chi connectivity index (χ0v) is 13.0. The van der Waals surface area contributed by atoms with Crippen molar-refractivity contribution < 1.29 is 18.7 Å². The molecule has 0 aliphatic carbocycles. The maximum Gasteiger partial charge on any atom is 0.320 e. The molecule has 4 nitrogen and oxygen atoms in total. The van der Waals surface area contributed by atoms with Gasteiger partial charge in [-0.2, -0.15) is 0 Å². The molecule has 1 N–H and O–H groups in total.